The fourth-order valence-corrected chi connectivity index (χ4v) is 4.74. The number of hydrogen-bond donors (Lipinski definition) is 2. The Hall–Kier alpha value is -3.80. The van der Waals surface area contributed by atoms with Crippen LogP contribution in [-0.4, -0.2) is 19.1 Å². The number of nitrogens with one attached hydrogen (secondary N) is 1. The average molecular weight is 367 g/mol. The van der Waals surface area contributed by atoms with Crippen molar-refractivity contribution in [3.8, 4) is 0 Å². The third-order valence-corrected chi connectivity index (χ3v) is 5.86. The molecule has 0 radical (unpaired) electrons. The molecule has 0 unspecified atom stereocenters. The van der Waals surface area contributed by atoms with Gasteiger partial charge in [0.2, 0.25) is 5.95 Å². The Morgan fingerprint density at radius 1 is 0.821 bits per heavy atom. The highest BCUT2D eigenvalue weighted by molar-refractivity contribution is 6.34. The van der Waals surface area contributed by atoms with Crippen LogP contribution in [0.25, 0.3) is 54.5 Å². The van der Waals surface area contributed by atoms with E-state index in [4.69, 9.17) is 5.73 Å². The van der Waals surface area contributed by atoms with Gasteiger partial charge < -0.3 is 14.9 Å². The molecule has 3 aromatic heterocycles. The molecule has 6 nitrogen and oxygen atoms in total. The number of benzene rings is 3. The van der Waals surface area contributed by atoms with Crippen LogP contribution in [-0.2, 0) is 14.1 Å². The zero-order chi connectivity index (χ0) is 19.2. The van der Waals surface area contributed by atoms with E-state index in [1.54, 1.807) is 0 Å². The Morgan fingerprint density at radius 2 is 1.36 bits per heavy atom. The molecule has 0 aliphatic carbocycles. The van der Waals surface area contributed by atoms with Crippen molar-refractivity contribution in [1.29, 1.82) is 0 Å². The lowest BCUT2D eigenvalue weighted by molar-refractivity contribution is 0.986. The van der Waals surface area contributed by atoms with E-state index in [0.29, 0.717) is 10.9 Å². The lowest BCUT2D eigenvalue weighted by Gasteiger charge is -2.07. The number of aromatic nitrogens is 4. The summed E-state index contributed by atoms with van der Waals surface area (Å²) in [4.78, 5) is 20.3. The monoisotopic (exact) mass is 367 g/mol. The second kappa shape index (κ2) is 4.92. The van der Waals surface area contributed by atoms with Gasteiger partial charge in [0.25, 0.3) is 5.56 Å². The van der Waals surface area contributed by atoms with E-state index in [0.717, 1.165) is 43.6 Å². The maximum absolute atomic E-state index is 13.1. The fraction of sp³-hybridized carbons (Fsp3) is 0.0909. The summed E-state index contributed by atoms with van der Waals surface area (Å²) >= 11 is 0. The second-order valence-electron chi connectivity index (χ2n) is 7.27. The molecule has 0 aliphatic heterocycles. The molecule has 6 heteroatoms. The molecule has 0 fully saturated rings. The number of aryl methyl sites for hydroxylation is 2. The van der Waals surface area contributed by atoms with Gasteiger partial charge in [-0.05, 0) is 12.1 Å². The van der Waals surface area contributed by atoms with Crippen LogP contribution in [0.15, 0.2) is 53.3 Å². The van der Waals surface area contributed by atoms with Gasteiger partial charge >= 0.3 is 0 Å². The number of rotatable bonds is 0. The highest BCUT2D eigenvalue weighted by Crippen LogP contribution is 2.42. The minimum Gasteiger partial charge on any atom is -0.369 e. The van der Waals surface area contributed by atoms with E-state index in [1.807, 2.05) is 31.3 Å². The number of fused-ring (bicyclic) bond motifs is 10. The molecule has 6 rings (SSSR count). The van der Waals surface area contributed by atoms with Crippen molar-refractivity contribution in [1.82, 2.24) is 19.1 Å². The second-order valence-corrected chi connectivity index (χ2v) is 7.27. The van der Waals surface area contributed by atoms with Crippen LogP contribution < -0.4 is 11.3 Å². The van der Waals surface area contributed by atoms with Crippen LogP contribution in [0.2, 0.25) is 0 Å². The third-order valence-electron chi connectivity index (χ3n) is 5.86. The third kappa shape index (κ3) is 1.63. The Balaban J connectivity index is 2.16. The van der Waals surface area contributed by atoms with Gasteiger partial charge in [-0.15, -0.1) is 0 Å². The molecule has 0 saturated carbocycles. The summed E-state index contributed by atoms with van der Waals surface area (Å²) < 4.78 is 4.35. The van der Waals surface area contributed by atoms with Gasteiger partial charge in [0.05, 0.1) is 21.9 Å². The summed E-state index contributed by atoms with van der Waals surface area (Å²) in [5.41, 5.74) is 10.6. The lowest BCUT2D eigenvalue weighted by Crippen LogP contribution is -2.12. The van der Waals surface area contributed by atoms with Crippen molar-refractivity contribution in [3.63, 3.8) is 0 Å². The maximum atomic E-state index is 13.1. The van der Waals surface area contributed by atoms with Crippen LogP contribution in [0.4, 0.5) is 5.95 Å². The maximum Gasteiger partial charge on any atom is 0.260 e. The molecule has 0 bridgehead atoms. The topological polar surface area (TPSA) is 81.6 Å². The van der Waals surface area contributed by atoms with Crippen molar-refractivity contribution >= 4 is 60.5 Å². The number of aromatic amines is 1. The zero-order valence-electron chi connectivity index (χ0n) is 15.4. The van der Waals surface area contributed by atoms with Gasteiger partial charge in [-0.25, -0.2) is 4.98 Å². The molecular formula is C22H17N5O. The number of para-hydroxylation sites is 2. The number of nitrogens with zero attached hydrogens (tertiary/aromatic N) is 3. The van der Waals surface area contributed by atoms with Crippen molar-refractivity contribution in [3.05, 3.63) is 58.9 Å². The van der Waals surface area contributed by atoms with Gasteiger partial charge in [0.1, 0.15) is 0 Å². The van der Waals surface area contributed by atoms with Gasteiger partial charge in [-0.1, -0.05) is 36.4 Å². The van der Waals surface area contributed by atoms with Crippen LogP contribution in [0.3, 0.4) is 0 Å². The highest BCUT2D eigenvalue weighted by atomic mass is 16.1. The summed E-state index contributed by atoms with van der Waals surface area (Å²) in [5, 5.41) is 4.57. The Bertz CT molecular complexity index is 1670. The van der Waals surface area contributed by atoms with Gasteiger partial charge in [0.15, 0.2) is 0 Å². The summed E-state index contributed by atoms with van der Waals surface area (Å²) in [7, 11) is 4.11. The first-order chi connectivity index (χ1) is 13.6. The number of H-pyrrole nitrogens is 1. The molecule has 0 amide bonds. The zero-order valence-corrected chi connectivity index (χ0v) is 15.4. The van der Waals surface area contributed by atoms with E-state index < -0.39 is 0 Å². The Kier molecular flexibility index (Phi) is 2.69. The predicted octanol–water partition coefficient (Wildman–Crippen LogP) is 3.80. The standard InChI is InChI=1S/C22H17N5O/c1-26-13-9-5-3-7-11(13)15-17-18(24-22(23)25-21(17)28)16-12-8-4-6-10-14(12)27(2)20(16)19(15)26/h3-10H,1-2H3,(H3,23,24,25,28). The molecule has 0 spiro atoms. The van der Waals surface area contributed by atoms with E-state index in [1.165, 1.54) is 0 Å². The Morgan fingerprint density at radius 3 is 2.00 bits per heavy atom. The quantitative estimate of drug-likeness (QED) is 0.428. The number of hydrogen-bond acceptors (Lipinski definition) is 3. The number of nitrogen functional groups attached to an aromatic ring is 1. The van der Waals surface area contributed by atoms with Crippen molar-refractivity contribution in [2.45, 2.75) is 0 Å². The van der Waals surface area contributed by atoms with Crippen molar-refractivity contribution in [2.24, 2.45) is 14.1 Å². The van der Waals surface area contributed by atoms with E-state index >= 15 is 0 Å². The summed E-state index contributed by atoms with van der Waals surface area (Å²) in [6.07, 6.45) is 0. The fourth-order valence-electron chi connectivity index (χ4n) is 4.74. The van der Waals surface area contributed by atoms with Crippen molar-refractivity contribution in [2.75, 3.05) is 5.73 Å². The lowest BCUT2D eigenvalue weighted by atomic mass is 10.0. The molecule has 3 N–H and O–H groups in total. The van der Waals surface area contributed by atoms with Crippen molar-refractivity contribution < 1.29 is 0 Å². The van der Waals surface area contributed by atoms with E-state index in [2.05, 4.69) is 50.4 Å². The van der Waals surface area contributed by atoms with Crippen LogP contribution in [0.1, 0.15) is 0 Å². The smallest absolute Gasteiger partial charge is 0.260 e. The SMILES string of the molecule is Cn1c2ccccc2c2c3nc(N)[nH]c(=O)c3c3c4ccccc4n(C)c3c21. The average Bonchev–Trinajstić information content (AvgIpc) is 3.15. The van der Waals surface area contributed by atoms with Crippen LogP contribution >= 0.6 is 0 Å². The summed E-state index contributed by atoms with van der Waals surface area (Å²) in [5.74, 6) is 0.131. The molecule has 3 heterocycles. The normalized spacial score (nSPS) is 12.2. The first-order valence-corrected chi connectivity index (χ1v) is 9.13. The van der Waals surface area contributed by atoms with E-state index in [-0.39, 0.29) is 11.5 Å². The predicted molar refractivity (Wildman–Crippen MR) is 115 cm³/mol. The molecule has 136 valence electrons. The summed E-state index contributed by atoms with van der Waals surface area (Å²) in [6.45, 7) is 0. The minimum absolute atomic E-state index is 0.131. The van der Waals surface area contributed by atoms with Gasteiger partial charge in [0, 0.05) is 46.7 Å². The minimum atomic E-state index is -0.210. The van der Waals surface area contributed by atoms with E-state index in [9.17, 15) is 4.79 Å². The molecule has 0 saturated heterocycles. The van der Waals surface area contributed by atoms with Gasteiger partial charge in [-0.3, -0.25) is 9.78 Å². The highest BCUT2D eigenvalue weighted by Gasteiger charge is 2.23. The summed E-state index contributed by atoms with van der Waals surface area (Å²) in [6, 6.07) is 16.3. The molecule has 3 aromatic carbocycles. The molecule has 28 heavy (non-hydrogen) atoms. The van der Waals surface area contributed by atoms with Crippen LogP contribution in [0.5, 0.6) is 0 Å². The first kappa shape index (κ1) is 15.3. The number of anilines is 1. The number of nitrogens with two attached hydrogens (primary N) is 1. The molecular weight excluding hydrogens is 350 g/mol. The molecule has 6 aromatic rings. The largest absolute Gasteiger partial charge is 0.369 e. The molecule has 0 atom stereocenters. The molecule has 0 aliphatic rings. The van der Waals surface area contributed by atoms with Crippen LogP contribution in [0, 0.1) is 0 Å². The Labute approximate surface area is 158 Å². The first-order valence-electron chi connectivity index (χ1n) is 9.13. The van der Waals surface area contributed by atoms with Gasteiger partial charge in [-0.2, -0.15) is 0 Å².